The molecule has 0 aliphatic carbocycles. The van der Waals surface area contributed by atoms with Gasteiger partial charge in [-0.3, -0.25) is 4.79 Å². The molecule has 0 aromatic carbocycles. The van der Waals surface area contributed by atoms with Crippen molar-refractivity contribution in [3.63, 3.8) is 0 Å². The number of aliphatic hydroxyl groups is 1. The van der Waals surface area contributed by atoms with Crippen LogP contribution in [-0.4, -0.2) is 28.2 Å². The average molecular weight is 375 g/mol. The van der Waals surface area contributed by atoms with Gasteiger partial charge in [0, 0.05) is 6.42 Å². The smallest absolute Gasteiger partial charge is 0.303 e. The number of hydrazone groups is 1. The topological polar surface area (TPSA) is 148 Å². The molecule has 1 unspecified atom stereocenters. The summed E-state index contributed by atoms with van der Waals surface area (Å²) in [5.74, 6) is 3.74. The van der Waals surface area contributed by atoms with E-state index in [0.717, 1.165) is 32.1 Å². The van der Waals surface area contributed by atoms with Gasteiger partial charge in [0.25, 0.3) is 0 Å². The fourth-order valence-electron chi connectivity index (χ4n) is 2.67. The van der Waals surface area contributed by atoms with Crippen molar-refractivity contribution in [1.82, 2.24) is 0 Å². The molecule has 0 spiro atoms. The second-order valence-electron chi connectivity index (χ2n) is 6.82. The van der Waals surface area contributed by atoms with Crippen LogP contribution in [0.15, 0.2) is 5.10 Å². The van der Waals surface area contributed by atoms with Gasteiger partial charge in [0.2, 0.25) is 5.96 Å². The maximum absolute atomic E-state index is 10.3. The third-order valence-corrected chi connectivity index (χ3v) is 4.22. The molecule has 26 heavy (non-hydrogen) atoms. The van der Waals surface area contributed by atoms with Gasteiger partial charge in [-0.15, -0.1) is 5.10 Å². The lowest BCUT2D eigenvalue weighted by atomic mass is 10.0. The van der Waals surface area contributed by atoms with E-state index in [9.17, 15) is 9.90 Å². The fourth-order valence-corrected chi connectivity index (χ4v) is 2.67. The van der Waals surface area contributed by atoms with Crippen molar-refractivity contribution in [3.05, 3.63) is 0 Å². The SMILES string of the molecule is CCCCCC(O)CCCCCCCCCCCC(=O)O.NN=C(N)N. The summed E-state index contributed by atoms with van der Waals surface area (Å²) in [6, 6.07) is 0. The van der Waals surface area contributed by atoms with Crippen LogP contribution in [0.2, 0.25) is 0 Å². The number of guanidine groups is 1. The Morgan fingerprint density at radius 3 is 1.62 bits per heavy atom. The van der Waals surface area contributed by atoms with E-state index in [0.29, 0.717) is 6.42 Å². The molecule has 0 rings (SSSR count). The Kier molecular flexibility index (Phi) is 22.1. The molecule has 7 nitrogen and oxygen atoms in total. The number of nitrogens with zero attached hydrogens (tertiary/aromatic N) is 1. The molecule has 0 heterocycles. The minimum absolute atomic E-state index is 0.0780. The van der Waals surface area contributed by atoms with Gasteiger partial charge in [0.1, 0.15) is 0 Å². The molecular formula is C19H42N4O3. The van der Waals surface area contributed by atoms with E-state index in [4.69, 9.17) is 16.6 Å². The highest BCUT2D eigenvalue weighted by Crippen LogP contribution is 2.14. The molecule has 0 amide bonds. The average Bonchev–Trinajstić information content (AvgIpc) is 2.60. The zero-order valence-electron chi connectivity index (χ0n) is 16.7. The molecule has 7 heteroatoms. The van der Waals surface area contributed by atoms with Crippen LogP contribution in [0, 0.1) is 0 Å². The molecule has 156 valence electrons. The molecule has 0 bridgehead atoms. The summed E-state index contributed by atoms with van der Waals surface area (Å²) in [4.78, 5) is 10.3. The Balaban J connectivity index is 0. The second-order valence-corrected chi connectivity index (χ2v) is 6.82. The lowest BCUT2D eigenvalue weighted by Crippen LogP contribution is -2.23. The summed E-state index contributed by atoms with van der Waals surface area (Å²) in [5, 5.41) is 21.2. The van der Waals surface area contributed by atoms with Crippen LogP contribution in [0.5, 0.6) is 0 Å². The van der Waals surface area contributed by atoms with Crippen LogP contribution < -0.4 is 17.3 Å². The zero-order chi connectivity index (χ0) is 20.0. The van der Waals surface area contributed by atoms with Gasteiger partial charge in [-0.2, -0.15) is 0 Å². The summed E-state index contributed by atoms with van der Waals surface area (Å²) in [6.07, 6.45) is 16.3. The van der Waals surface area contributed by atoms with Crippen LogP contribution in [-0.2, 0) is 4.79 Å². The predicted molar refractivity (Wildman–Crippen MR) is 109 cm³/mol. The van der Waals surface area contributed by atoms with E-state index in [2.05, 4.69) is 17.9 Å². The summed E-state index contributed by atoms with van der Waals surface area (Å²) in [6.45, 7) is 2.19. The Labute approximate surface area is 159 Å². The summed E-state index contributed by atoms with van der Waals surface area (Å²) < 4.78 is 0. The van der Waals surface area contributed by atoms with Gasteiger partial charge < -0.3 is 27.5 Å². The minimum atomic E-state index is -0.674. The Hall–Kier alpha value is -1.50. The molecular weight excluding hydrogens is 332 g/mol. The monoisotopic (exact) mass is 374 g/mol. The lowest BCUT2D eigenvalue weighted by molar-refractivity contribution is -0.137. The number of hydrogen-bond acceptors (Lipinski definition) is 4. The van der Waals surface area contributed by atoms with E-state index >= 15 is 0 Å². The predicted octanol–water partition coefficient (Wildman–Crippen LogP) is 3.44. The van der Waals surface area contributed by atoms with E-state index in [1.165, 1.54) is 57.8 Å². The molecule has 8 N–H and O–H groups in total. The van der Waals surface area contributed by atoms with Crippen molar-refractivity contribution < 1.29 is 15.0 Å². The molecule has 0 aliphatic rings. The maximum atomic E-state index is 10.3. The molecule has 0 saturated carbocycles. The van der Waals surface area contributed by atoms with Crippen LogP contribution in [0.1, 0.15) is 103 Å². The molecule has 0 radical (unpaired) electrons. The van der Waals surface area contributed by atoms with Crippen LogP contribution in [0.3, 0.4) is 0 Å². The van der Waals surface area contributed by atoms with Crippen LogP contribution in [0.25, 0.3) is 0 Å². The van der Waals surface area contributed by atoms with Gasteiger partial charge in [-0.05, 0) is 19.3 Å². The van der Waals surface area contributed by atoms with Crippen LogP contribution >= 0.6 is 0 Å². The number of hydrogen-bond donors (Lipinski definition) is 5. The first kappa shape index (κ1) is 26.7. The van der Waals surface area contributed by atoms with Crippen molar-refractivity contribution in [1.29, 1.82) is 0 Å². The number of carboxylic acids is 1. The van der Waals surface area contributed by atoms with Gasteiger partial charge in [0.15, 0.2) is 0 Å². The number of rotatable bonds is 16. The Morgan fingerprint density at radius 1 is 0.846 bits per heavy atom. The van der Waals surface area contributed by atoms with E-state index in [-0.39, 0.29) is 12.1 Å². The molecule has 0 saturated heterocycles. The van der Waals surface area contributed by atoms with E-state index in [1.54, 1.807) is 0 Å². The quantitative estimate of drug-likeness (QED) is 0.0918. The first-order valence-electron chi connectivity index (χ1n) is 10.1. The number of aliphatic hydroxyl groups excluding tert-OH is 1. The number of carboxylic acid groups (broad SMARTS) is 1. The highest BCUT2D eigenvalue weighted by Gasteiger charge is 2.03. The first-order valence-corrected chi connectivity index (χ1v) is 10.1. The summed E-state index contributed by atoms with van der Waals surface area (Å²) in [5.41, 5.74) is 9.39. The van der Waals surface area contributed by atoms with E-state index in [1.807, 2.05) is 0 Å². The zero-order valence-corrected chi connectivity index (χ0v) is 16.7. The van der Waals surface area contributed by atoms with Gasteiger partial charge >= 0.3 is 5.97 Å². The normalized spacial score (nSPS) is 11.3. The number of carbonyl (C=O) groups is 1. The van der Waals surface area contributed by atoms with Crippen LogP contribution in [0.4, 0.5) is 0 Å². The highest BCUT2D eigenvalue weighted by molar-refractivity contribution is 5.75. The third kappa shape index (κ3) is 27.4. The Bertz CT molecular complexity index is 335. The van der Waals surface area contributed by atoms with Crippen molar-refractivity contribution in [2.75, 3.05) is 0 Å². The first-order chi connectivity index (χ1) is 12.4. The minimum Gasteiger partial charge on any atom is -0.481 e. The summed E-state index contributed by atoms with van der Waals surface area (Å²) >= 11 is 0. The Morgan fingerprint density at radius 2 is 1.23 bits per heavy atom. The second kappa shape index (κ2) is 21.5. The van der Waals surface area contributed by atoms with Gasteiger partial charge in [-0.1, -0.05) is 77.6 Å². The van der Waals surface area contributed by atoms with E-state index < -0.39 is 5.97 Å². The summed E-state index contributed by atoms with van der Waals surface area (Å²) in [7, 11) is 0. The fraction of sp³-hybridized carbons (Fsp3) is 0.895. The largest absolute Gasteiger partial charge is 0.481 e. The number of nitrogens with two attached hydrogens (primary N) is 3. The molecule has 0 aromatic heterocycles. The lowest BCUT2D eigenvalue weighted by Gasteiger charge is -2.09. The number of unbranched alkanes of at least 4 members (excludes halogenated alkanes) is 10. The molecule has 1 atom stereocenters. The van der Waals surface area contributed by atoms with Crippen molar-refractivity contribution >= 4 is 11.9 Å². The van der Waals surface area contributed by atoms with Gasteiger partial charge in [0.05, 0.1) is 6.10 Å². The van der Waals surface area contributed by atoms with Crippen molar-refractivity contribution in [2.45, 2.75) is 109 Å². The van der Waals surface area contributed by atoms with Crippen molar-refractivity contribution in [2.24, 2.45) is 22.4 Å². The van der Waals surface area contributed by atoms with Gasteiger partial charge in [-0.25, -0.2) is 0 Å². The highest BCUT2D eigenvalue weighted by atomic mass is 16.4. The number of aliphatic carboxylic acids is 1. The molecule has 0 fully saturated rings. The standard InChI is InChI=1S/C18H36O3.CH6N4/c1-2-3-11-14-17(19)15-12-9-7-5-4-6-8-10-13-16-18(20)21;2-1(3)5-4/h17,19H,2-16H2,1H3,(H,20,21);4H2,(H4,2,3,5). The molecule has 0 aliphatic heterocycles. The maximum Gasteiger partial charge on any atom is 0.303 e. The molecule has 0 aromatic rings. The third-order valence-electron chi connectivity index (χ3n) is 4.22. The van der Waals surface area contributed by atoms with Crippen molar-refractivity contribution in [3.8, 4) is 0 Å².